The number of methoxy groups -OCH3 is 1. The fourth-order valence-electron chi connectivity index (χ4n) is 3.65. The molecule has 0 unspecified atom stereocenters. The molecule has 0 amide bonds. The Balaban J connectivity index is 1.54. The Bertz CT molecular complexity index is 1290. The molecule has 0 fully saturated rings. The second kappa shape index (κ2) is 9.78. The van der Waals surface area contributed by atoms with E-state index in [0.717, 1.165) is 17.5 Å². The fourth-order valence-corrected chi connectivity index (χ4v) is 3.65. The predicted octanol–water partition coefficient (Wildman–Crippen LogP) is 8.18. The maximum atomic E-state index is 14.7. The van der Waals surface area contributed by atoms with Crippen LogP contribution in [0.5, 0.6) is 5.75 Å². The summed E-state index contributed by atoms with van der Waals surface area (Å²) in [6.07, 6.45) is 4.12. The minimum Gasteiger partial charge on any atom is -0.497 e. The Hall–Kier alpha value is -3.79. The van der Waals surface area contributed by atoms with Crippen LogP contribution < -0.4 is 4.74 Å². The van der Waals surface area contributed by atoms with Gasteiger partial charge in [0.25, 0.3) is 0 Å². The van der Waals surface area contributed by atoms with Crippen molar-refractivity contribution in [2.45, 2.75) is 13.3 Å². The maximum Gasteiger partial charge on any atom is 0.167 e. The smallest absolute Gasteiger partial charge is 0.167 e. The zero-order valence-corrected chi connectivity index (χ0v) is 18.4. The third-order valence-electron chi connectivity index (χ3n) is 5.64. The lowest BCUT2D eigenvalue weighted by Crippen LogP contribution is -1.93. The van der Waals surface area contributed by atoms with Gasteiger partial charge >= 0.3 is 0 Å². The highest BCUT2D eigenvalue weighted by atomic mass is 19.2. The van der Waals surface area contributed by atoms with Crippen LogP contribution in [0.1, 0.15) is 23.6 Å². The summed E-state index contributed by atoms with van der Waals surface area (Å²) in [5.74, 6) is -1.68. The van der Waals surface area contributed by atoms with Gasteiger partial charge in [-0.3, -0.25) is 0 Å². The number of benzene rings is 4. The second-order valence-corrected chi connectivity index (χ2v) is 7.68. The van der Waals surface area contributed by atoms with Crippen LogP contribution in [0.2, 0.25) is 0 Å². The lowest BCUT2D eigenvalue weighted by molar-refractivity contribution is 0.411. The molecule has 0 bridgehead atoms. The van der Waals surface area contributed by atoms with Gasteiger partial charge in [0.05, 0.1) is 7.11 Å². The molecule has 166 valence electrons. The molecule has 1 nitrogen and oxygen atoms in total. The van der Waals surface area contributed by atoms with Crippen molar-refractivity contribution in [2.24, 2.45) is 0 Å². The first-order chi connectivity index (χ1) is 16.0. The van der Waals surface area contributed by atoms with Crippen LogP contribution in [0.3, 0.4) is 0 Å². The van der Waals surface area contributed by atoms with E-state index >= 15 is 0 Å². The third kappa shape index (κ3) is 4.85. The number of halogens is 3. The van der Waals surface area contributed by atoms with Crippen molar-refractivity contribution in [1.82, 2.24) is 0 Å². The lowest BCUT2D eigenvalue weighted by atomic mass is 10.00. The van der Waals surface area contributed by atoms with Gasteiger partial charge in [0.1, 0.15) is 11.6 Å². The van der Waals surface area contributed by atoms with E-state index in [-0.39, 0.29) is 16.9 Å². The van der Waals surface area contributed by atoms with Crippen LogP contribution in [0, 0.1) is 17.5 Å². The van der Waals surface area contributed by atoms with E-state index in [1.807, 2.05) is 19.1 Å². The minimum atomic E-state index is -0.889. The molecule has 33 heavy (non-hydrogen) atoms. The SMILES string of the molecule is CCc1ccc(-c2ccc(C=Cc3ccc(-c4ccc(OC)cc4F)cc3)c(F)c2F)cc1. The van der Waals surface area contributed by atoms with Gasteiger partial charge in [0, 0.05) is 22.8 Å². The highest BCUT2D eigenvalue weighted by molar-refractivity contribution is 5.74. The minimum absolute atomic E-state index is 0.159. The van der Waals surface area contributed by atoms with Gasteiger partial charge < -0.3 is 4.74 Å². The van der Waals surface area contributed by atoms with Crippen molar-refractivity contribution < 1.29 is 17.9 Å². The van der Waals surface area contributed by atoms with E-state index in [0.29, 0.717) is 22.4 Å². The average molecular weight is 444 g/mol. The Morgan fingerprint density at radius 2 is 1.33 bits per heavy atom. The highest BCUT2D eigenvalue weighted by Crippen LogP contribution is 2.29. The van der Waals surface area contributed by atoms with Gasteiger partial charge in [-0.1, -0.05) is 79.7 Å². The summed E-state index contributed by atoms with van der Waals surface area (Å²) in [6.45, 7) is 2.04. The normalized spacial score (nSPS) is 11.2. The molecular formula is C29H23F3O. The first-order valence-corrected chi connectivity index (χ1v) is 10.7. The number of rotatable bonds is 6. The first kappa shape index (κ1) is 22.4. The summed E-state index contributed by atoms with van der Waals surface area (Å²) >= 11 is 0. The van der Waals surface area contributed by atoms with E-state index in [1.54, 1.807) is 66.7 Å². The zero-order chi connectivity index (χ0) is 23.4. The molecule has 0 aliphatic carbocycles. The van der Waals surface area contributed by atoms with Crippen molar-refractivity contribution in [1.29, 1.82) is 0 Å². The molecule has 0 atom stereocenters. The standard InChI is InChI=1S/C29H23F3O/c1-3-19-4-9-22(10-5-19)26-16-14-23(28(31)29(26)32)13-8-20-6-11-21(12-7-20)25-17-15-24(33-2)18-27(25)30/h4-18H,3H2,1-2H3. The predicted molar refractivity (Wildman–Crippen MR) is 128 cm³/mol. The second-order valence-electron chi connectivity index (χ2n) is 7.68. The van der Waals surface area contributed by atoms with Gasteiger partial charge in [0.15, 0.2) is 11.6 Å². The Morgan fingerprint density at radius 3 is 1.97 bits per heavy atom. The van der Waals surface area contributed by atoms with Crippen LogP contribution >= 0.6 is 0 Å². The fraction of sp³-hybridized carbons (Fsp3) is 0.103. The van der Waals surface area contributed by atoms with E-state index in [1.165, 1.54) is 19.3 Å². The first-order valence-electron chi connectivity index (χ1n) is 10.7. The van der Waals surface area contributed by atoms with Crippen LogP contribution in [0.15, 0.2) is 78.9 Å². The number of hydrogen-bond acceptors (Lipinski definition) is 1. The van der Waals surface area contributed by atoms with Crippen molar-refractivity contribution in [3.8, 4) is 28.0 Å². The number of ether oxygens (including phenoxy) is 1. The molecule has 4 heteroatoms. The zero-order valence-electron chi connectivity index (χ0n) is 18.4. The monoisotopic (exact) mass is 444 g/mol. The quantitative estimate of drug-likeness (QED) is 0.273. The van der Waals surface area contributed by atoms with Gasteiger partial charge in [-0.05, 0) is 40.8 Å². The molecule has 4 rings (SSSR count). The van der Waals surface area contributed by atoms with Crippen LogP contribution in [-0.2, 0) is 6.42 Å². The summed E-state index contributed by atoms with van der Waals surface area (Å²) < 4.78 is 48.8. The molecule has 0 spiro atoms. The summed E-state index contributed by atoms with van der Waals surface area (Å²) in [7, 11) is 1.49. The van der Waals surface area contributed by atoms with Crippen LogP contribution in [-0.4, -0.2) is 7.11 Å². The number of hydrogen-bond donors (Lipinski definition) is 0. The molecule has 0 heterocycles. The average Bonchev–Trinajstić information content (AvgIpc) is 2.85. The maximum absolute atomic E-state index is 14.7. The summed E-state index contributed by atoms with van der Waals surface area (Å²) in [5, 5.41) is 0. The van der Waals surface area contributed by atoms with Gasteiger partial charge in [0.2, 0.25) is 0 Å². The Morgan fingerprint density at radius 1 is 0.697 bits per heavy atom. The van der Waals surface area contributed by atoms with Gasteiger partial charge in [-0.25, -0.2) is 13.2 Å². The molecule has 4 aromatic rings. The molecule has 0 aromatic heterocycles. The summed E-state index contributed by atoms with van der Waals surface area (Å²) in [6, 6.07) is 22.5. The summed E-state index contributed by atoms with van der Waals surface area (Å²) in [5.41, 5.74) is 4.13. The molecule has 0 N–H and O–H groups in total. The Kier molecular flexibility index (Phi) is 6.64. The third-order valence-corrected chi connectivity index (χ3v) is 5.64. The lowest BCUT2D eigenvalue weighted by Gasteiger charge is -2.08. The van der Waals surface area contributed by atoms with E-state index < -0.39 is 11.6 Å². The molecule has 0 aliphatic heterocycles. The number of aryl methyl sites for hydroxylation is 1. The van der Waals surface area contributed by atoms with Crippen molar-refractivity contribution >= 4 is 12.2 Å². The molecule has 0 aliphatic rings. The van der Waals surface area contributed by atoms with Gasteiger partial charge in [-0.15, -0.1) is 0 Å². The van der Waals surface area contributed by atoms with Gasteiger partial charge in [-0.2, -0.15) is 0 Å². The van der Waals surface area contributed by atoms with Crippen LogP contribution in [0.4, 0.5) is 13.2 Å². The molecule has 0 saturated heterocycles. The summed E-state index contributed by atoms with van der Waals surface area (Å²) in [4.78, 5) is 0. The van der Waals surface area contributed by atoms with Crippen molar-refractivity contribution in [3.05, 3.63) is 113 Å². The Labute approximate surface area is 191 Å². The van der Waals surface area contributed by atoms with Crippen molar-refractivity contribution in [3.63, 3.8) is 0 Å². The van der Waals surface area contributed by atoms with E-state index in [4.69, 9.17) is 4.74 Å². The highest BCUT2D eigenvalue weighted by Gasteiger charge is 2.13. The topological polar surface area (TPSA) is 9.23 Å². The molecule has 0 radical (unpaired) electrons. The molecular weight excluding hydrogens is 421 g/mol. The molecule has 0 saturated carbocycles. The largest absolute Gasteiger partial charge is 0.497 e. The van der Waals surface area contributed by atoms with Crippen molar-refractivity contribution in [2.75, 3.05) is 7.11 Å². The van der Waals surface area contributed by atoms with E-state index in [9.17, 15) is 13.2 Å². The molecule has 4 aromatic carbocycles. The van der Waals surface area contributed by atoms with E-state index in [2.05, 4.69) is 0 Å². The van der Waals surface area contributed by atoms with Crippen LogP contribution in [0.25, 0.3) is 34.4 Å².